The minimum atomic E-state index is -0.464. The molecular weight excluding hydrogens is 331 g/mol. The molecule has 0 spiro atoms. The van der Waals surface area contributed by atoms with E-state index in [1.807, 2.05) is 6.92 Å². The van der Waals surface area contributed by atoms with Crippen molar-refractivity contribution in [1.29, 1.82) is 0 Å². The van der Waals surface area contributed by atoms with Crippen LogP contribution in [0.4, 0.5) is 4.39 Å². The Bertz CT molecular complexity index is 594. The van der Waals surface area contributed by atoms with E-state index >= 15 is 0 Å². The minimum absolute atomic E-state index is 0. The molecule has 1 heterocycles. The van der Waals surface area contributed by atoms with Gasteiger partial charge in [0, 0.05) is 11.1 Å². The molecule has 1 aliphatic carbocycles. The number of hydrogen-bond donors (Lipinski definition) is 2. The molecule has 0 saturated heterocycles. The molecule has 3 N–H and O–H groups in total. The predicted octanol–water partition coefficient (Wildman–Crippen LogP) is 3.49. The first kappa shape index (κ1) is 19.0. The highest BCUT2D eigenvalue weighted by Crippen LogP contribution is 2.35. The average Bonchev–Trinajstić information content (AvgIpc) is 2.69. The van der Waals surface area contributed by atoms with Crippen molar-refractivity contribution in [3.8, 4) is 5.75 Å². The van der Waals surface area contributed by atoms with E-state index in [1.165, 1.54) is 12.1 Å². The van der Waals surface area contributed by atoms with Gasteiger partial charge in [-0.25, -0.2) is 4.39 Å². The van der Waals surface area contributed by atoms with E-state index in [2.05, 4.69) is 5.32 Å². The van der Waals surface area contributed by atoms with E-state index in [-0.39, 0.29) is 36.1 Å². The molecule has 24 heavy (non-hydrogen) atoms. The van der Waals surface area contributed by atoms with Gasteiger partial charge in [-0.15, -0.1) is 12.4 Å². The van der Waals surface area contributed by atoms with Gasteiger partial charge in [-0.3, -0.25) is 4.79 Å². The zero-order chi connectivity index (χ0) is 16.4. The van der Waals surface area contributed by atoms with Crippen molar-refractivity contribution in [3.05, 3.63) is 29.6 Å². The maximum Gasteiger partial charge on any atom is 0.225 e. The Kier molecular flexibility index (Phi) is 6.10. The summed E-state index contributed by atoms with van der Waals surface area (Å²) in [6.07, 6.45) is 5.36. The molecule has 0 radical (unpaired) electrons. The van der Waals surface area contributed by atoms with Crippen LogP contribution in [0.15, 0.2) is 18.2 Å². The van der Waals surface area contributed by atoms with E-state index in [0.29, 0.717) is 12.4 Å². The Labute approximate surface area is 148 Å². The molecule has 1 amide bonds. The summed E-state index contributed by atoms with van der Waals surface area (Å²) in [5.74, 6) is 0.150. The van der Waals surface area contributed by atoms with Crippen molar-refractivity contribution in [2.75, 3.05) is 6.61 Å². The number of carbonyl (C=O) groups is 1. The summed E-state index contributed by atoms with van der Waals surface area (Å²) >= 11 is 0. The van der Waals surface area contributed by atoms with Crippen LogP contribution in [0.1, 0.15) is 57.1 Å². The second-order valence-corrected chi connectivity index (χ2v) is 7.04. The maximum absolute atomic E-state index is 13.6. The highest BCUT2D eigenvalue weighted by molar-refractivity contribution is 5.85. The van der Waals surface area contributed by atoms with Crippen LogP contribution in [-0.2, 0) is 4.79 Å². The van der Waals surface area contributed by atoms with Crippen molar-refractivity contribution in [2.24, 2.45) is 11.7 Å². The lowest BCUT2D eigenvalue weighted by Crippen LogP contribution is -2.53. The average molecular weight is 357 g/mol. The number of ether oxygens (including phenoxy) is 1. The molecule has 3 atom stereocenters. The molecule has 1 fully saturated rings. The summed E-state index contributed by atoms with van der Waals surface area (Å²) in [5, 5.41) is 3.10. The summed E-state index contributed by atoms with van der Waals surface area (Å²) < 4.78 is 19.3. The molecule has 134 valence electrons. The minimum Gasteiger partial charge on any atom is -0.493 e. The SMILES string of the molecule is CC1(N)CCCCC1C(=O)NC1CCCOc2ccc(F)cc21.Cl. The van der Waals surface area contributed by atoms with Gasteiger partial charge in [0.2, 0.25) is 5.91 Å². The second-order valence-electron chi connectivity index (χ2n) is 7.04. The smallest absolute Gasteiger partial charge is 0.225 e. The van der Waals surface area contributed by atoms with Gasteiger partial charge < -0.3 is 15.8 Å². The lowest BCUT2D eigenvalue weighted by molar-refractivity contribution is -0.129. The number of halogens is 2. The van der Waals surface area contributed by atoms with Crippen LogP contribution in [0.2, 0.25) is 0 Å². The first-order valence-corrected chi connectivity index (χ1v) is 8.49. The highest BCUT2D eigenvalue weighted by Gasteiger charge is 2.38. The lowest BCUT2D eigenvalue weighted by Gasteiger charge is -2.38. The third-order valence-electron chi connectivity index (χ3n) is 5.13. The van der Waals surface area contributed by atoms with Gasteiger partial charge in [-0.1, -0.05) is 12.8 Å². The van der Waals surface area contributed by atoms with Crippen molar-refractivity contribution >= 4 is 18.3 Å². The molecule has 1 aliphatic heterocycles. The van der Waals surface area contributed by atoms with Crippen molar-refractivity contribution in [2.45, 2.75) is 57.0 Å². The van der Waals surface area contributed by atoms with Gasteiger partial charge in [-0.05, 0) is 50.8 Å². The summed E-state index contributed by atoms with van der Waals surface area (Å²) in [5.41, 5.74) is 6.60. The van der Waals surface area contributed by atoms with Crippen LogP contribution >= 0.6 is 12.4 Å². The molecule has 4 nitrogen and oxygen atoms in total. The quantitative estimate of drug-likeness (QED) is 0.852. The number of benzene rings is 1. The Morgan fingerprint density at radius 3 is 2.88 bits per heavy atom. The first-order valence-electron chi connectivity index (χ1n) is 8.49. The normalized spacial score (nSPS) is 29.5. The Morgan fingerprint density at radius 1 is 1.33 bits per heavy atom. The Hall–Kier alpha value is -1.33. The molecule has 0 bridgehead atoms. The molecule has 0 aromatic heterocycles. The van der Waals surface area contributed by atoms with Gasteiger partial charge in [0.25, 0.3) is 0 Å². The van der Waals surface area contributed by atoms with Crippen LogP contribution in [0.25, 0.3) is 0 Å². The van der Waals surface area contributed by atoms with E-state index in [4.69, 9.17) is 10.5 Å². The first-order chi connectivity index (χ1) is 11.0. The van der Waals surface area contributed by atoms with Crippen LogP contribution < -0.4 is 15.8 Å². The van der Waals surface area contributed by atoms with Gasteiger partial charge in [0.1, 0.15) is 11.6 Å². The number of hydrogen-bond acceptors (Lipinski definition) is 3. The van der Waals surface area contributed by atoms with Crippen LogP contribution in [0, 0.1) is 11.7 Å². The van der Waals surface area contributed by atoms with Crippen molar-refractivity contribution in [3.63, 3.8) is 0 Å². The molecule has 6 heteroatoms. The summed E-state index contributed by atoms with van der Waals surface area (Å²) in [6, 6.07) is 4.28. The number of fused-ring (bicyclic) bond motifs is 1. The van der Waals surface area contributed by atoms with Gasteiger partial charge >= 0.3 is 0 Å². The Morgan fingerprint density at radius 2 is 2.12 bits per heavy atom. The maximum atomic E-state index is 13.6. The van der Waals surface area contributed by atoms with Crippen molar-refractivity contribution in [1.82, 2.24) is 5.32 Å². The predicted molar refractivity (Wildman–Crippen MR) is 93.8 cm³/mol. The van der Waals surface area contributed by atoms with Crippen LogP contribution in [0.5, 0.6) is 5.75 Å². The van der Waals surface area contributed by atoms with E-state index < -0.39 is 5.54 Å². The second kappa shape index (κ2) is 7.70. The topological polar surface area (TPSA) is 64.4 Å². The molecule has 2 aliphatic rings. The summed E-state index contributed by atoms with van der Waals surface area (Å²) in [4.78, 5) is 12.8. The number of amides is 1. The molecule has 1 aromatic rings. The molecule has 3 unspecified atom stereocenters. The van der Waals surface area contributed by atoms with Gasteiger partial charge in [0.05, 0.1) is 18.6 Å². The van der Waals surface area contributed by atoms with E-state index in [1.54, 1.807) is 6.07 Å². The fourth-order valence-electron chi connectivity index (χ4n) is 3.76. The van der Waals surface area contributed by atoms with Crippen LogP contribution in [-0.4, -0.2) is 18.1 Å². The molecule has 3 rings (SSSR count). The lowest BCUT2D eigenvalue weighted by atomic mass is 9.74. The Balaban J connectivity index is 0.00000208. The van der Waals surface area contributed by atoms with Gasteiger partial charge in [0.15, 0.2) is 0 Å². The number of nitrogens with two attached hydrogens (primary N) is 1. The van der Waals surface area contributed by atoms with E-state index in [0.717, 1.165) is 44.1 Å². The summed E-state index contributed by atoms with van der Waals surface area (Å²) in [6.45, 7) is 2.54. The molecule has 1 aromatic carbocycles. The van der Waals surface area contributed by atoms with E-state index in [9.17, 15) is 9.18 Å². The number of nitrogens with one attached hydrogen (secondary N) is 1. The third-order valence-corrected chi connectivity index (χ3v) is 5.13. The highest BCUT2D eigenvalue weighted by atomic mass is 35.5. The zero-order valence-corrected chi connectivity index (χ0v) is 14.8. The largest absolute Gasteiger partial charge is 0.493 e. The summed E-state index contributed by atoms with van der Waals surface area (Å²) in [7, 11) is 0. The number of rotatable bonds is 2. The third kappa shape index (κ3) is 4.01. The van der Waals surface area contributed by atoms with Gasteiger partial charge in [-0.2, -0.15) is 0 Å². The number of carbonyl (C=O) groups excluding carboxylic acids is 1. The zero-order valence-electron chi connectivity index (χ0n) is 14.0. The standard InChI is InChI=1S/C18H25FN2O2.ClH/c1-18(20)9-3-2-5-14(18)17(22)21-15-6-4-10-23-16-8-7-12(19)11-13(15)16;/h7-8,11,14-15H,2-6,9-10,20H2,1H3,(H,21,22);1H. The van der Waals surface area contributed by atoms with Crippen molar-refractivity contribution < 1.29 is 13.9 Å². The fraction of sp³-hybridized carbons (Fsp3) is 0.611. The molecule has 1 saturated carbocycles. The fourth-order valence-corrected chi connectivity index (χ4v) is 3.76. The molecular formula is C18H26ClFN2O2. The monoisotopic (exact) mass is 356 g/mol. The van der Waals surface area contributed by atoms with Crippen LogP contribution in [0.3, 0.4) is 0 Å².